The van der Waals surface area contributed by atoms with Crippen LogP contribution < -0.4 is 4.74 Å². The number of non-ortho nitro benzene ring substituents is 1. The van der Waals surface area contributed by atoms with Gasteiger partial charge in [0.05, 0.1) is 34.1 Å². The minimum atomic E-state index is -1.61. The number of aliphatic hydroxyl groups excluding tert-OH is 1. The second kappa shape index (κ2) is 6.37. The van der Waals surface area contributed by atoms with Crippen molar-refractivity contribution in [2.75, 3.05) is 13.7 Å². The Bertz CT molecular complexity index is 853. The van der Waals surface area contributed by atoms with Crippen LogP contribution in [0.1, 0.15) is 11.8 Å². The molecule has 1 aromatic heterocycles. The SMILES string of the molecule is COc1cc([N+](=O)[O-])c2nc(C(O)C[N+](=O)[O-])ccc2c1[N+](=O)[O-]. The number of hydrogen-bond donors (Lipinski definition) is 1. The van der Waals surface area contributed by atoms with Crippen LogP contribution in [0.2, 0.25) is 0 Å². The Kier molecular flexibility index (Phi) is 4.50. The van der Waals surface area contributed by atoms with Gasteiger partial charge in [0, 0.05) is 4.92 Å². The van der Waals surface area contributed by atoms with Crippen molar-refractivity contribution in [2.45, 2.75) is 6.10 Å². The summed E-state index contributed by atoms with van der Waals surface area (Å²) in [6.45, 7) is -0.857. The zero-order valence-electron chi connectivity index (χ0n) is 12.1. The van der Waals surface area contributed by atoms with Crippen molar-refractivity contribution in [3.05, 3.63) is 54.2 Å². The Balaban J connectivity index is 2.78. The Morgan fingerprint density at radius 1 is 1.21 bits per heavy atom. The summed E-state index contributed by atoms with van der Waals surface area (Å²) in [4.78, 5) is 34.3. The van der Waals surface area contributed by atoms with E-state index in [2.05, 4.69) is 4.98 Å². The maximum absolute atomic E-state index is 11.2. The van der Waals surface area contributed by atoms with Crippen LogP contribution in [0, 0.1) is 30.3 Å². The molecule has 0 amide bonds. The molecule has 0 aliphatic heterocycles. The summed E-state index contributed by atoms with van der Waals surface area (Å²) in [6.07, 6.45) is -1.61. The monoisotopic (exact) mass is 338 g/mol. The van der Waals surface area contributed by atoms with Gasteiger partial charge in [0.2, 0.25) is 12.3 Å². The largest absolute Gasteiger partial charge is 0.490 e. The number of nitro groups is 3. The van der Waals surface area contributed by atoms with Gasteiger partial charge in [-0.25, -0.2) is 4.98 Å². The minimum Gasteiger partial charge on any atom is -0.490 e. The minimum absolute atomic E-state index is 0.178. The quantitative estimate of drug-likeness (QED) is 0.602. The number of aliphatic hydroxyl groups is 1. The zero-order chi connectivity index (χ0) is 18.0. The summed E-state index contributed by atoms with van der Waals surface area (Å²) in [7, 11) is 1.13. The summed E-state index contributed by atoms with van der Waals surface area (Å²) < 4.78 is 4.82. The Morgan fingerprint density at radius 2 is 1.88 bits per heavy atom. The van der Waals surface area contributed by atoms with Crippen molar-refractivity contribution in [2.24, 2.45) is 0 Å². The summed E-state index contributed by atoms with van der Waals surface area (Å²) in [6, 6.07) is 3.11. The maximum Gasteiger partial charge on any atom is 0.320 e. The summed E-state index contributed by atoms with van der Waals surface area (Å²) in [5.41, 5.74) is -1.68. The first-order valence-corrected chi connectivity index (χ1v) is 6.36. The van der Waals surface area contributed by atoms with Crippen molar-refractivity contribution >= 4 is 22.3 Å². The van der Waals surface area contributed by atoms with E-state index < -0.39 is 38.8 Å². The molecule has 0 aliphatic carbocycles. The highest BCUT2D eigenvalue weighted by atomic mass is 16.6. The van der Waals surface area contributed by atoms with Crippen LogP contribution in [0.15, 0.2) is 18.2 Å². The molecule has 1 atom stereocenters. The fraction of sp³-hybridized carbons (Fsp3) is 0.250. The van der Waals surface area contributed by atoms with E-state index in [1.54, 1.807) is 0 Å². The Morgan fingerprint density at radius 3 is 2.38 bits per heavy atom. The summed E-state index contributed by atoms with van der Waals surface area (Å²) in [5, 5.41) is 42.4. The van der Waals surface area contributed by atoms with Gasteiger partial charge in [-0.3, -0.25) is 30.3 Å². The number of hydrogen-bond acceptors (Lipinski definition) is 9. The van der Waals surface area contributed by atoms with Gasteiger partial charge in [0.1, 0.15) is 0 Å². The lowest BCUT2D eigenvalue weighted by Gasteiger charge is -2.09. The van der Waals surface area contributed by atoms with Gasteiger partial charge < -0.3 is 9.84 Å². The van der Waals surface area contributed by atoms with E-state index in [-0.39, 0.29) is 22.3 Å². The van der Waals surface area contributed by atoms with Gasteiger partial charge in [0.25, 0.3) is 5.69 Å². The van der Waals surface area contributed by atoms with Gasteiger partial charge in [-0.1, -0.05) is 0 Å². The number of aromatic nitrogens is 1. The first kappa shape index (κ1) is 17.0. The fourth-order valence-corrected chi connectivity index (χ4v) is 2.16. The average molecular weight is 338 g/mol. The fourth-order valence-electron chi connectivity index (χ4n) is 2.16. The van der Waals surface area contributed by atoms with E-state index in [0.717, 1.165) is 25.3 Å². The molecule has 1 unspecified atom stereocenters. The first-order valence-electron chi connectivity index (χ1n) is 6.36. The predicted octanol–water partition coefficient (Wildman–Crippen LogP) is 1.37. The smallest absolute Gasteiger partial charge is 0.320 e. The highest BCUT2D eigenvalue weighted by Crippen LogP contribution is 2.40. The van der Waals surface area contributed by atoms with Gasteiger partial charge in [-0.2, -0.15) is 0 Å². The van der Waals surface area contributed by atoms with Crippen LogP contribution in [0.4, 0.5) is 11.4 Å². The molecule has 1 aromatic carbocycles. The number of methoxy groups -OCH3 is 1. The van der Waals surface area contributed by atoms with Crippen molar-refractivity contribution in [3.8, 4) is 5.75 Å². The molecule has 12 nitrogen and oxygen atoms in total. The van der Waals surface area contributed by atoms with Crippen molar-refractivity contribution in [3.63, 3.8) is 0 Å². The topological polar surface area (TPSA) is 172 Å². The Hall–Kier alpha value is -3.41. The molecular weight excluding hydrogens is 328 g/mol. The molecule has 2 rings (SSSR count). The molecule has 0 bridgehead atoms. The van der Waals surface area contributed by atoms with Crippen LogP contribution in [0.5, 0.6) is 5.75 Å². The molecule has 0 saturated heterocycles. The molecule has 0 fully saturated rings. The predicted molar refractivity (Wildman–Crippen MR) is 78.4 cm³/mol. The van der Waals surface area contributed by atoms with Gasteiger partial charge in [-0.05, 0) is 12.1 Å². The molecule has 126 valence electrons. The number of nitro benzene ring substituents is 2. The molecule has 1 N–H and O–H groups in total. The normalized spacial score (nSPS) is 11.9. The molecule has 24 heavy (non-hydrogen) atoms. The molecule has 0 aliphatic rings. The van der Waals surface area contributed by atoms with Crippen LogP contribution in [-0.4, -0.2) is 38.5 Å². The van der Waals surface area contributed by atoms with Crippen LogP contribution in [-0.2, 0) is 0 Å². The lowest BCUT2D eigenvalue weighted by Crippen LogP contribution is -2.13. The number of nitrogens with zero attached hydrogens (tertiary/aromatic N) is 4. The van der Waals surface area contributed by atoms with Gasteiger partial charge in [0.15, 0.2) is 11.6 Å². The van der Waals surface area contributed by atoms with Crippen LogP contribution >= 0.6 is 0 Å². The molecule has 12 heteroatoms. The average Bonchev–Trinajstić information content (AvgIpc) is 2.51. The highest BCUT2D eigenvalue weighted by molar-refractivity contribution is 5.97. The standard InChI is InChI=1S/C12H10N4O8/c1-24-10-4-8(15(20)21)11-6(12(10)16(22)23)2-3-7(13-11)9(17)5-14(18)19/h2-4,9,17H,5H2,1H3. The summed E-state index contributed by atoms with van der Waals surface area (Å²) >= 11 is 0. The number of ether oxygens (including phenoxy) is 1. The molecule has 1 heterocycles. The third-order valence-corrected chi connectivity index (χ3v) is 3.18. The molecule has 0 saturated carbocycles. The second-order valence-corrected chi connectivity index (χ2v) is 4.62. The highest BCUT2D eigenvalue weighted by Gasteiger charge is 2.29. The van der Waals surface area contributed by atoms with E-state index in [9.17, 15) is 35.4 Å². The zero-order valence-corrected chi connectivity index (χ0v) is 12.1. The third-order valence-electron chi connectivity index (χ3n) is 3.18. The number of benzene rings is 1. The lowest BCUT2D eigenvalue weighted by atomic mass is 10.1. The van der Waals surface area contributed by atoms with E-state index in [0.29, 0.717) is 0 Å². The Labute approximate surface area is 132 Å². The molecule has 2 aromatic rings. The van der Waals surface area contributed by atoms with Gasteiger partial charge >= 0.3 is 5.69 Å². The van der Waals surface area contributed by atoms with Crippen molar-refractivity contribution in [1.82, 2.24) is 4.98 Å². The third kappa shape index (κ3) is 3.03. The van der Waals surface area contributed by atoms with Crippen molar-refractivity contribution < 1.29 is 24.6 Å². The number of pyridine rings is 1. The van der Waals surface area contributed by atoms with E-state index in [4.69, 9.17) is 4.74 Å². The van der Waals surface area contributed by atoms with E-state index >= 15 is 0 Å². The maximum atomic E-state index is 11.2. The second-order valence-electron chi connectivity index (χ2n) is 4.62. The van der Waals surface area contributed by atoms with E-state index in [1.165, 1.54) is 0 Å². The van der Waals surface area contributed by atoms with E-state index in [1.807, 2.05) is 0 Å². The number of rotatable bonds is 6. The van der Waals surface area contributed by atoms with Crippen LogP contribution in [0.3, 0.4) is 0 Å². The lowest BCUT2D eigenvalue weighted by molar-refractivity contribution is -0.491. The number of fused-ring (bicyclic) bond motifs is 1. The van der Waals surface area contributed by atoms with Crippen molar-refractivity contribution in [1.29, 1.82) is 0 Å². The van der Waals surface area contributed by atoms with Crippen LogP contribution in [0.25, 0.3) is 10.9 Å². The molecular formula is C12H10N4O8. The molecule has 0 radical (unpaired) electrons. The first-order chi connectivity index (χ1) is 11.3. The summed E-state index contributed by atoms with van der Waals surface area (Å²) in [5.74, 6) is -0.320. The molecule has 0 spiro atoms. The van der Waals surface area contributed by atoms with Gasteiger partial charge in [-0.15, -0.1) is 0 Å².